The van der Waals surface area contributed by atoms with Crippen LogP contribution in [0.2, 0.25) is 0 Å². The number of ether oxygens (including phenoxy) is 1. The summed E-state index contributed by atoms with van der Waals surface area (Å²) in [6.45, 7) is 3.92. The molecule has 1 rings (SSSR count). The van der Waals surface area contributed by atoms with Gasteiger partial charge in [0.05, 0.1) is 19.3 Å². The maximum Gasteiger partial charge on any atom is 0.120 e. The molecule has 96 valence electrons. The normalized spacial score (nSPS) is 16.3. The number of phenolic OH excluding ortho intramolecular Hbond substituents is 1. The van der Waals surface area contributed by atoms with Crippen LogP contribution in [0.5, 0.6) is 11.5 Å². The fraction of sp³-hybridized carbons (Fsp3) is 0.538. The van der Waals surface area contributed by atoms with Crippen molar-refractivity contribution in [3.63, 3.8) is 0 Å². The Balaban J connectivity index is 2.98. The van der Waals surface area contributed by atoms with E-state index in [1.807, 2.05) is 13.8 Å². The Bertz CT molecular complexity index is 368. The third-order valence-corrected chi connectivity index (χ3v) is 3.19. The van der Waals surface area contributed by atoms with E-state index < -0.39 is 12.1 Å². The maximum absolute atomic E-state index is 10.1. The zero-order chi connectivity index (χ0) is 13.0. The van der Waals surface area contributed by atoms with Crippen LogP contribution in [0.1, 0.15) is 31.9 Å². The molecule has 4 nitrogen and oxygen atoms in total. The largest absolute Gasteiger partial charge is 0.508 e. The van der Waals surface area contributed by atoms with Gasteiger partial charge in [-0.2, -0.15) is 0 Å². The van der Waals surface area contributed by atoms with Gasteiger partial charge in [0.1, 0.15) is 11.5 Å². The van der Waals surface area contributed by atoms with E-state index in [0.717, 1.165) is 6.42 Å². The molecular weight excluding hydrogens is 218 g/mol. The summed E-state index contributed by atoms with van der Waals surface area (Å²) in [5, 5.41) is 19.8. The van der Waals surface area contributed by atoms with E-state index in [1.54, 1.807) is 19.2 Å². The smallest absolute Gasteiger partial charge is 0.120 e. The van der Waals surface area contributed by atoms with E-state index in [9.17, 15) is 10.2 Å². The summed E-state index contributed by atoms with van der Waals surface area (Å²) >= 11 is 0. The molecule has 0 aromatic heterocycles. The van der Waals surface area contributed by atoms with Crippen LogP contribution in [0.25, 0.3) is 0 Å². The molecule has 17 heavy (non-hydrogen) atoms. The molecular formula is C13H21NO3. The molecule has 0 radical (unpaired) electrons. The zero-order valence-corrected chi connectivity index (χ0v) is 10.6. The average molecular weight is 239 g/mol. The summed E-state index contributed by atoms with van der Waals surface area (Å²) in [5.74, 6) is 0.779. The van der Waals surface area contributed by atoms with E-state index in [2.05, 4.69) is 0 Å². The first-order valence-corrected chi connectivity index (χ1v) is 5.81. The summed E-state index contributed by atoms with van der Waals surface area (Å²) in [5.41, 5.74) is 6.49. The lowest BCUT2D eigenvalue weighted by Gasteiger charge is -2.25. The van der Waals surface area contributed by atoms with Crippen molar-refractivity contribution >= 4 is 0 Å². The minimum Gasteiger partial charge on any atom is -0.508 e. The molecule has 4 N–H and O–H groups in total. The lowest BCUT2D eigenvalue weighted by molar-refractivity contribution is 0.0870. The van der Waals surface area contributed by atoms with Gasteiger partial charge in [-0.15, -0.1) is 0 Å². The monoisotopic (exact) mass is 239 g/mol. The van der Waals surface area contributed by atoms with Crippen LogP contribution in [0, 0.1) is 5.92 Å². The Hall–Kier alpha value is -1.26. The minimum atomic E-state index is -0.682. The Labute approximate surface area is 102 Å². The van der Waals surface area contributed by atoms with Crippen molar-refractivity contribution in [1.29, 1.82) is 0 Å². The molecule has 0 amide bonds. The molecule has 3 atom stereocenters. The van der Waals surface area contributed by atoms with Gasteiger partial charge in [-0.05, 0) is 24.1 Å². The van der Waals surface area contributed by atoms with Gasteiger partial charge in [-0.1, -0.05) is 20.3 Å². The van der Waals surface area contributed by atoms with Gasteiger partial charge in [-0.3, -0.25) is 0 Å². The molecule has 0 bridgehead atoms. The van der Waals surface area contributed by atoms with Crippen LogP contribution < -0.4 is 10.5 Å². The van der Waals surface area contributed by atoms with Crippen molar-refractivity contribution in [3.8, 4) is 11.5 Å². The Morgan fingerprint density at radius 3 is 2.59 bits per heavy atom. The predicted molar refractivity (Wildman–Crippen MR) is 67.0 cm³/mol. The van der Waals surface area contributed by atoms with Crippen LogP contribution in [-0.4, -0.2) is 23.4 Å². The molecule has 1 aromatic carbocycles. The molecule has 0 fully saturated rings. The van der Waals surface area contributed by atoms with Crippen molar-refractivity contribution < 1.29 is 14.9 Å². The van der Waals surface area contributed by atoms with Crippen LogP contribution in [0.4, 0.5) is 0 Å². The van der Waals surface area contributed by atoms with Crippen LogP contribution in [0.3, 0.4) is 0 Å². The lowest BCUT2D eigenvalue weighted by Crippen LogP contribution is -2.31. The number of hydrogen-bond acceptors (Lipinski definition) is 4. The summed E-state index contributed by atoms with van der Waals surface area (Å²) < 4.78 is 5.08. The van der Waals surface area contributed by atoms with Gasteiger partial charge in [0.15, 0.2) is 0 Å². The Kier molecular flexibility index (Phi) is 4.78. The van der Waals surface area contributed by atoms with Crippen molar-refractivity contribution in [2.75, 3.05) is 7.11 Å². The second-order valence-electron chi connectivity index (χ2n) is 4.33. The number of rotatable bonds is 5. The summed E-state index contributed by atoms with van der Waals surface area (Å²) in [4.78, 5) is 0. The second kappa shape index (κ2) is 5.89. The molecule has 0 aliphatic heterocycles. The molecule has 1 unspecified atom stereocenters. The standard InChI is InChI=1S/C13H21NO3/c1-4-8(2)13(16)12(14)10-7-9(17-3)5-6-11(10)15/h5-8,12-13,15-16H,4,14H2,1-3H3/t8?,12-,13+/m0/s1. The van der Waals surface area contributed by atoms with Crippen molar-refractivity contribution in [2.24, 2.45) is 11.7 Å². The SMILES string of the molecule is CCC(C)[C@@H](O)[C@@H](N)c1cc(OC)ccc1O. The van der Waals surface area contributed by atoms with E-state index in [1.165, 1.54) is 6.07 Å². The first-order chi connectivity index (χ1) is 8.01. The highest BCUT2D eigenvalue weighted by molar-refractivity contribution is 5.41. The molecule has 0 heterocycles. The topological polar surface area (TPSA) is 75.7 Å². The third-order valence-electron chi connectivity index (χ3n) is 3.19. The first-order valence-electron chi connectivity index (χ1n) is 5.81. The number of benzene rings is 1. The van der Waals surface area contributed by atoms with Crippen LogP contribution in [-0.2, 0) is 0 Å². The van der Waals surface area contributed by atoms with Gasteiger partial charge < -0.3 is 20.7 Å². The van der Waals surface area contributed by atoms with Crippen LogP contribution >= 0.6 is 0 Å². The number of methoxy groups -OCH3 is 1. The first kappa shape index (κ1) is 13.8. The lowest BCUT2D eigenvalue weighted by atomic mass is 9.91. The number of nitrogens with two attached hydrogens (primary N) is 1. The number of phenols is 1. The number of hydrogen-bond donors (Lipinski definition) is 3. The zero-order valence-electron chi connectivity index (χ0n) is 10.6. The minimum absolute atomic E-state index is 0.0793. The summed E-state index contributed by atoms with van der Waals surface area (Å²) in [6.07, 6.45) is 0.151. The van der Waals surface area contributed by atoms with Gasteiger partial charge in [-0.25, -0.2) is 0 Å². The molecule has 4 heteroatoms. The fourth-order valence-corrected chi connectivity index (χ4v) is 1.71. The highest BCUT2D eigenvalue weighted by Gasteiger charge is 2.24. The maximum atomic E-state index is 10.1. The Morgan fingerprint density at radius 2 is 2.06 bits per heavy atom. The molecule has 0 spiro atoms. The van der Waals surface area contributed by atoms with Crippen molar-refractivity contribution in [3.05, 3.63) is 23.8 Å². The second-order valence-corrected chi connectivity index (χ2v) is 4.33. The molecule has 0 aliphatic rings. The van der Waals surface area contributed by atoms with Gasteiger partial charge >= 0.3 is 0 Å². The van der Waals surface area contributed by atoms with E-state index in [4.69, 9.17) is 10.5 Å². The fourth-order valence-electron chi connectivity index (χ4n) is 1.71. The quantitative estimate of drug-likeness (QED) is 0.732. The average Bonchev–Trinajstić information content (AvgIpc) is 2.36. The molecule has 0 saturated carbocycles. The number of aromatic hydroxyl groups is 1. The van der Waals surface area contributed by atoms with Gasteiger partial charge in [0.2, 0.25) is 0 Å². The van der Waals surface area contributed by atoms with Crippen molar-refractivity contribution in [2.45, 2.75) is 32.4 Å². The van der Waals surface area contributed by atoms with E-state index in [0.29, 0.717) is 11.3 Å². The van der Waals surface area contributed by atoms with E-state index >= 15 is 0 Å². The van der Waals surface area contributed by atoms with Gasteiger partial charge in [0.25, 0.3) is 0 Å². The third kappa shape index (κ3) is 3.11. The van der Waals surface area contributed by atoms with E-state index in [-0.39, 0.29) is 11.7 Å². The predicted octanol–water partition coefficient (Wildman–Crippen LogP) is 1.81. The van der Waals surface area contributed by atoms with Crippen LogP contribution in [0.15, 0.2) is 18.2 Å². The Morgan fingerprint density at radius 1 is 1.41 bits per heavy atom. The summed E-state index contributed by atoms with van der Waals surface area (Å²) in [6, 6.07) is 4.23. The highest BCUT2D eigenvalue weighted by atomic mass is 16.5. The van der Waals surface area contributed by atoms with Gasteiger partial charge in [0, 0.05) is 5.56 Å². The molecule has 0 saturated heterocycles. The van der Waals surface area contributed by atoms with Crippen molar-refractivity contribution in [1.82, 2.24) is 0 Å². The highest BCUT2D eigenvalue weighted by Crippen LogP contribution is 2.31. The number of aliphatic hydroxyl groups is 1. The number of aliphatic hydroxyl groups excluding tert-OH is 1. The molecule has 1 aromatic rings. The molecule has 0 aliphatic carbocycles. The summed E-state index contributed by atoms with van der Waals surface area (Å²) in [7, 11) is 1.55.